The summed E-state index contributed by atoms with van der Waals surface area (Å²) < 4.78 is 64.9. The number of hydrogen-bond acceptors (Lipinski definition) is 4. The van der Waals surface area contributed by atoms with Gasteiger partial charge < -0.3 is 0 Å². The Morgan fingerprint density at radius 1 is 1.27 bits per heavy atom. The Hall–Kier alpha value is -2.10. The Morgan fingerprint density at radius 2 is 1.91 bits per heavy atom. The molecule has 0 aliphatic rings. The van der Waals surface area contributed by atoms with Crippen molar-refractivity contribution in [2.75, 3.05) is 10.8 Å². The van der Waals surface area contributed by atoms with E-state index in [4.69, 9.17) is 0 Å². The number of aromatic nitrogens is 3. The molecule has 2 aromatic rings. The number of halogens is 3. The van der Waals surface area contributed by atoms with E-state index in [1.165, 1.54) is 35.4 Å². The monoisotopic (exact) mass is 334 g/mol. The molecule has 0 unspecified atom stereocenters. The van der Waals surface area contributed by atoms with Crippen LogP contribution in [0.3, 0.4) is 0 Å². The van der Waals surface area contributed by atoms with Crippen molar-refractivity contribution in [2.45, 2.75) is 24.5 Å². The number of nitrogens with zero attached hydrogens (tertiary/aromatic N) is 4. The second-order valence-corrected chi connectivity index (χ2v) is 6.23. The van der Waals surface area contributed by atoms with Gasteiger partial charge in [-0.15, -0.1) is 0 Å². The van der Waals surface area contributed by atoms with Gasteiger partial charge in [0.25, 0.3) is 10.0 Å². The van der Waals surface area contributed by atoms with Gasteiger partial charge in [-0.05, 0) is 19.1 Å². The Morgan fingerprint density at radius 3 is 2.41 bits per heavy atom. The van der Waals surface area contributed by atoms with Crippen molar-refractivity contribution in [1.29, 1.82) is 0 Å². The minimum absolute atomic E-state index is 0.114. The Bertz CT molecular complexity index is 728. The maximum absolute atomic E-state index is 12.8. The van der Waals surface area contributed by atoms with Crippen LogP contribution in [0.2, 0.25) is 0 Å². The molecule has 2 rings (SSSR count). The second-order valence-electron chi connectivity index (χ2n) is 4.36. The first-order valence-electron chi connectivity index (χ1n) is 6.26. The predicted octanol–water partition coefficient (Wildman–Crippen LogP) is 2.06. The number of anilines is 1. The smallest absolute Gasteiger partial charge is 0.272 e. The van der Waals surface area contributed by atoms with Gasteiger partial charge in [0.15, 0.2) is 0 Å². The van der Waals surface area contributed by atoms with E-state index in [1.807, 2.05) is 0 Å². The van der Waals surface area contributed by atoms with E-state index in [9.17, 15) is 21.6 Å². The number of alkyl halides is 3. The molecular weight excluding hydrogens is 321 g/mol. The summed E-state index contributed by atoms with van der Waals surface area (Å²) in [6.07, 6.45) is -0.00618. The third-order valence-electron chi connectivity index (χ3n) is 2.80. The van der Waals surface area contributed by atoms with Gasteiger partial charge in [0.2, 0.25) is 0 Å². The molecule has 22 heavy (non-hydrogen) atoms. The van der Waals surface area contributed by atoms with E-state index < -0.39 is 22.7 Å². The summed E-state index contributed by atoms with van der Waals surface area (Å²) in [5.41, 5.74) is -0.114. The summed E-state index contributed by atoms with van der Waals surface area (Å²) >= 11 is 0. The van der Waals surface area contributed by atoms with E-state index >= 15 is 0 Å². The molecule has 10 heteroatoms. The SMILES string of the molecule is CCn1cc(S(=O)(=O)N(CC(F)(F)F)c2ccncc2)cn1. The molecule has 0 fully saturated rings. The largest absolute Gasteiger partial charge is 0.407 e. The first-order valence-corrected chi connectivity index (χ1v) is 7.70. The van der Waals surface area contributed by atoms with Crippen LogP contribution in [0.15, 0.2) is 41.8 Å². The van der Waals surface area contributed by atoms with Crippen molar-refractivity contribution in [2.24, 2.45) is 0 Å². The quantitative estimate of drug-likeness (QED) is 0.839. The number of pyridine rings is 1. The number of hydrogen-bond donors (Lipinski definition) is 0. The van der Waals surface area contributed by atoms with Crippen molar-refractivity contribution < 1.29 is 21.6 Å². The van der Waals surface area contributed by atoms with E-state index in [0.717, 1.165) is 6.20 Å². The Kier molecular flexibility index (Phi) is 4.40. The summed E-state index contributed by atoms with van der Waals surface area (Å²) in [7, 11) is -4.37. The summed E-state index contributed by atoms with van der Waals surface area (Å²) in [6, 6.07) is 2.40. The average molecular weight is 334 g/mol. The van der Waals surface area contributed by atoms with Gasteiger partial charge in [-0.25, -0.2) is 8.42 Å². The molecule has 0 amide bonds. The molecule has 0 saturated heterocycles. The minimum Gasteiger partial charge on any atom is -0.272 e. The highest BCUT2D eigenvalue weighted by Crippen LogP contribution is 2.27. The zero-order chi connectivity index (χ0) is 16.4. The normalized spacial score (nSPS) is 12.4. The molecule has 0 aliphatic heterocycles. The summed E-state index contributed by atoms with van der Waals surface area (Å²) in [6.45, 7) is 0.514. The minimum atomic E-state index is -4.68. The van der Waals surface area contributed by atoms with Crippen molar-refractivity contribution in [3.05, 3.63) is 36.9 Å². The predicted molar refractivity (Wildman–Crippen MR) is 72.7 cm³/mol. The maximum Gasteiger partial charge on any atom is 0.407 e. The fourth-order valence-electron chi connectivity index (χ4n) is 1.77. The van der Waals surface area contributed by atoms with Crippen LogP contribution in [-0.4, -0.2) is 35.9 Å². The lowest BCUT2D eigenvalue weighted by atomic mass is 10.4. The van der Waals surface area contributed by atoms with Crippen LogP contribution in [0, 0.1) is 0 Å². The average Bonchev–Trinajstić information content (AvgIpc) is 2.94. The molecule has 6 nitrogen and oxygen atoms in total. The molecule has 0 aliphatic carbocycles. The lowest BCUT2D eigenvalue weighted by Crippen LogP contribution is -2.39. The lowest BCUT2D eigenvalue weighted by Gasteiger charge is -2.24. The van der Waals surface area contributed by atoms with Crippen LogP contribution >= 0.6 is 0 Å². The molecular formula is C12H13F3N4O2S. The third kappa shape index (κ3) is 3.56. The second kappa shape index (κ2) is 5.95. The molecule has 2 aromatic heterocycles. The van der Waals surface area contributed by atoms with Gasteiger partial charge in [0.1, 0.15) is 11.4 Å². The zero-order valence-corrected chi connectivity index (χ0v) is 12.3. The van der Waals surface area contributed by atoms with Gasteiger partial charge in [0.05, 0.1) is 11.9 Å². The highest BCUT2D eigenvalue weighted by atomic mass is 32.2. The highest BCUT2D eigenvalue weighted by molar-refractivity contribution is 7.92. The van der Waals surface area contributed by atoms with Crippen LogP contribution in [-0.2, 0) is 16.6 Å². The maximum atomic E-state index is 12.8. The lowest BCUT2D eigenvalue weighted by molar-refractivity contribution is -0.117. The van der Waals surface area contributed by atoms with E-state index in [-0.39, 0.29) is 10.6 Å². The molecule has 2 heterocycles. The molecule has 120 valence electrons. The fourth-order valence-corrected chi connectivity index (χ4v) is 3.17. The number of aryl methyl sites for hydroxylation is 1. The molecule has 0 saturated carbocycles. The topological polar surface area (TPSA) is 68.1 Å². The first kappa shape index (κ1) is 16.3. The van der Waals surface area contributed by atoms with Gasteiger partial charge in [-0.3, -0.25) is 14.0 Å². The molecule has 0 N–H and O–H groups in total. The molecule has 0 radical (unpaired) electrons. The first-order chi connectivity index (χ1) is 10.2. The van der Waals surface area contributed by atoms with E-state index in [0.29, 0.717) is 10.8 Å². The molecule has 0 spiro atoms. The van der Waals surface area contributed by atoms with Gasteiger partial charge in [-0.1, -0.05) is 0 Å². The zero-order valence-electron chi connectivity index (χ0n) is 11.5. The van der Waals surface area contributed by atoms with Crippen LogP contribution < -0.4 is 4.31 Å². The van der Waals surface area contributed by atoms with Gasteiger partial charge >= 0.3 is 6.18 Å². The summed E-state index contributed by atoms with van der Waals surface area (Å²) in [5.74, 6) is 0. The number of sulfonamides is 1. The molecule has 0 bridgehead atoms. The van der Waals surface area contributed by atoms with Crippen LogP contribution in [0.25, 0.3) is 0 Å². The van der Waals surface area contributed by atoms with Crippen molar-refractivity contribution in [3.8, 4) is 0 Å². The fraction of sp³-hybridized carbons (Fsp3) is 0.333. The van der Waals surface area contributed by atoms with Gasteiger partial charge in [0, 0.05) is 25.1 Å². The van der Waals surface area contributed by atoms with Crippen molar-refractivity contribution in [1.82, 2.24) is 14.8 Å². The Balaban J connectivity index is 2.48. The summed E-state index contributed by atoms with van der Waals surface area (Å²) in [4.78, 5) is 3.38. The van der Waals surface area contributed by atoms with Crippen LogP contribution in [0.1, 0.15) is 6.92 Å². The van der Waals surface area contributed by atoms with Crippen LogP contribution in [0.4, 0.5) is 18.9 Å². The van der Waals surface area contributed by atoms with Crippen molar-refractivity contribution >= 4 is 15.7 Å². The standard InChI is InChI=1S/C12H13F3N4O2S/c1-2-18-8-11(7-17-18)22(20,21)19(9-12(13,14)15)10-3-5-16-6-4-10/h3-8H,2,9H2,1H3. The highest BCUT2D eigenvalue weighted by Gasteiger charge is 2.37. The molecule has 0 atom stereocenters. The van der Waals surface area contributed by atoms with E-state index in [2.05, 4.69) is 10.1 Å². The number of rotatable bonds is 5. The molecule has 0 aromatic carbocycles. The van der Waals surface area contributed by atoms with Crippen LogP contribution in [0.5, 0.6) is 0 Å². The Labute approximate surface area is 125 Å². The van der Waals surface area contributed by atoms with Gasteiger partial charge in [-0.2, -0.15) is 18.3 Å². The van der Waals surface area contributed by atoms with Crippen molar-refractivity contribution in [3.63, 3.8) is 0 Å². The van der Waals surface area contributed by atoms with E-state index in [1.54, 1.807) is 6.92 Å². The summed E-state index contributed by atoms with van der Waals surface area (Å²) in [5, 5.41) is 3.79. The third-order valence-corrected chi connectivity index (χ3v) is 4.52.